The van der Waals surface area contributed by atoms with Crippen LogP contribution in [0.25, 0.3) is 10.2 Å². The number of nitrogens with two attached hydrogens (primary N) is 1. The summed E-state index contributed by atoms with van der Waals surface area (Å²) in [7, 11) is 0. The monoisotopic (exact) mass is 335 g/mol. The Bertz CT molecular complexity index is 685. The van der Waals surface area contributed by atoms with Gasteiger partial charge in [0.15, 0.2) is 5.16 Å². The molecule has 0 amide bonds. The molecule has 3 rings (SSSR count). The Morgan fingerprint density at radius 2 is 2.09 bits per heavy atom. The Labute approximate surface area is 141 Å². The molecule has 2 aromatic heterocycles. The zero-order chi connectivity index (χ0) is 15.9. The third-order valence-corrected chi connectivity index (χ3v) is 6.78. The predicted molar refractivity (Wildman–Crippen MR) is 97.8 cm³/mol. The number of fused-ring (bicyclic) bond motifs is 3. The number of anilines is 1. The van der Waals surface area contributed by atoms with E-state index in [2.05, 4.69) is 32.7 Å². The lowest BCUT2D eigenvalue weighted by atomic mass is 9.72. The van der Waals surface area contributed by atoms with Crippen molar-refractivity contribution in [2.45, 2.75) is 58.5 Å². The summed E-state index contributed by atoms with van der Waals surface area (Å²) in [5, 5.41) is 1.96. The molecule has 5 heteroatoms. The van der Waals surface area contributed by atoms with Crippen molar-refractivity contribution in [2.75, 3.05) is 11.5 Å². The van der Waals surface area contributed by atoms with Crippen molar-refractivity contribution in [1.29, 1.82) is 0 Å². The van der Waals surface area contributed by atoms with Gasteiger partial charge in [0.1, 0.15) is 10.6 Å². The van der Waals surface area contributed by atoms with Crippen LogP contribution in [0.1, 0.15) is 51.0 Å². The predicted octanol–water partition coefficient (Wildman–Crippen LogP) is 4.93. The highest BCUT2D eigenvalue weighted by Crippen LogP contribution is 2.44. The second kappa shape index (κ2) is 6.00. The van der Waals surface area contributed by atoms with Gasteiger partial charge in [-0.25, -0.2) is 9.97 Å². The van der Waals surface area contributed by atoms with E-state index in [-0.39, 0.29) is 0 Å². The normalized spacial score (nSPS) is 18.6. The number of thiophene rings is 1. The van der Waals surface area contributed by atoms with E-state index in [0.29, 0.717) is 11.2 Å². The van der Waals surface area contributed by atoms with E-state index in [9.17, 15) is 0 Å². The number of rotatable bonds is 3. The summed E-state index contributed by atoms with van der Waals surface area (Å²) in [5.74, 6) is 2.47. The van der Waals surface area contributed by atoms with Crippen molar-refractivity contribution < 1.29 is 0 Å². The van der Waals surface area contributed by atoms with Gasteiger partial charge < -0.3 is 5.73 Å². The van der Waals surface area contributed by atoms with Crippen molar-refractivity contribution in [1.82, 2.24) is 9.97 Å². The topological polar surface area (TPSA) is 51.8 Å². The molecule has 120 valence electrons. The molecule has 0 spiro atoms. The summed E-state index contributed by atoms with van der Waals surface area (Å²) in [4.78, 5) is 11.9. The summed E-state index contributed by atoms with van der Waals surface area (Å²) in [6, 6.07) is 0. The minimum absolute atomic E-state index is 0.368. The highest BCUT2D eigenvalue weighted by Gasteiger charge is 2.31. The zero-order valence-corrected chi connectivity index (χ0v) is 15.5. The number of aryl methyl sites for hydroxylation is 1. The summed E-state index contributed by atoms with van der Waals surface area (Å²) in [6.45, 7) is 9.22. The fourth-order valence-corrected chi connectivity index (χ4v) is 5.25. The average molecular weight is 336 g/mol. The van der Waals surface area contributed by atoms with E-state index in [1.54, 1.807) is 11.8 Å². The molecule has 1 atom stereocenters. The third kappa shape index (κ3) is 2.98. The Hall–Kier alpha value is -0.810. The highest BCUT2D eigenvalue weighted by atomic mass is 32.2. The van der Waals surface area contributed by atoms with Gasteiger partial charge in [-0.3, -0.25) is 0 Å². The van der Waals surface area contributed by atoms with E-state index >= 15 is 0 Å². The van der Waals surface area contributed by atoms with Crippen LogP contribution in [-0.4, -0.2) is 15.7 Å². The fourth-order valence-electron chi connectivity index (χ4n) is 3.18. The summed E-state index contributed by atoms with van der Waals surface area (Å²) in [5.41, 5.74) is 8.05. The number of nitrogen functional groups attached to an aromatic ring is 1. The van der Waals surface area contributed by atoms with Crippen LogP contribution in [0.4, 0.5) is 5.82 Å². The molecule has 1 aliphatic rings. The van der Waals surface area contributed by atoms with Gasteiger partial charge in [-0.05, 0) is 42.6 Å². The number of hydrogen-bond acceptors (Lipinski definition) is 5. The minimum Gasteiger partial charge on any atom is -0.383 e. The quantitative estimate of drug-likeness (QED) is 0.638. The second-order valence-electron chi connectivity index (χ2n) is 7.23. The highest BCUT2D eigenvalue weighted by molar-refractivity contribution is 7.99. The van der Waals surface area contributed by atoms with Crippen LogP contribution in [-0.2, 0) is 12.8 Å². The van der Waals surface area contributed by atoms with E-state index in [4.69, 9.17) is 10.7 Å². The molecule has 2 aromatic rings. The van der Waals surface area contributed by atoms with Crippen LogP contribution >= 0.6 is 23.1 Å². The molecular formula is C17H25N3S2. The van der Waals surface area contributed by atoms with E-state index in [1.165, 1.54) is 16.9 Å². The summed E-state index contributed by atoms with van der Waals surface area (Å²) >= 11 is 3.54. The van der Waals surface area contributed by atoms with Crippen molar-refractivity contribution in [3.05, 3.63) is 10.4 Å². The standard InChI is InChI=1S/C17H25N3S2/c1-5-8-21-16-19-14(18)13-11-7-6-10(17(2,3)4)9-12(11)22-15(13)20-16/h10H,5-9H2,1-4H3,(H2,18,19,20). The van der Waals surface area contributed by atoms with E-state index in [1.807, 2.05) is 11.3 Å². The first kappa shape index (κ1) is 16.1. The molecule has 0 aromatic carbocycles. The lowest BCUT2D eigenvalue weighted by Gasteiger charge is -2.33. The molecule has 0 saturated carbocycles. The van der Waals surface area contributed by atoms with Gasteiger partial charge in [-0.1, -0.05) is 39.5 Å². The maximum Gasteiger partial charge on any atom is 0.190 e. The molecule has 22 heavy (non-hydrogen) atoms. The first-order valence-corrected chi connectivity index (χ1v) is 9.91. The molecule has 0 radical (unpaired) electrons. The fraction of sp³-hybridized carbons (Fsp3) is 0.647. The summed E-state index contributed by atoms with van der Waals surface area (Å²) in [6.07, 6.45) is 4.65. The SMILES string of the molecule is CCCSc1nc(N)c2c3c(sc2n1)CC(C(C)(C)C)CC3. The molecule has 0 fully saturated rings. The van der Waals surface area contributed by atoms with Crippen LogP contribution in [0.5, 0.6) is 0 Å². The van der Waals surface area contributed by atoms with E-state index < -0.39 is 0 Å². The second-order valence-corrected chi connectivity index (χ2v) is 9.38. The van der Waals surface area contributed by atoms with Crippen LogP contribution in [0, 0.1) is 11.3 Å². The van der Waals surface area contributed by atoms with E-state index in [0.717, 1.165) is 46.3 Å². The minimum atomic E-state index is 0.368. The van der Waals surface area contributed by atoms with Gasteiger partial charge in [0.2, 0.25) is 0 Å². The Morgan fingerprint density at radius 1 is 1.32 bits per heavy atom. The number of hydrogen-bond donors (Lipinski definition) is 1. The maximum absolute atomic E-state index is 6.26. The van der Waals surface area contributed by atoms with Crippen LogP contribution in [0.2, 0.25) is 0 Å². The lowest BCUT2D eigenvalue weighted by Crippen LogP contribution is -2.26. The van der Waals surface area contributed by atoms with Crippen LogP contribution in [0.15, 0.2) is 5.16 Å². The molecule has 1 unspecified atom stereocenters. The number of thioether (sulfide) groups is 1. The molecule has 1 aliphatic carbocycles. The van der Waals surface area contributed by atoms with Crippen molar-refractivity contribution in [3.63, 3.8) is 0 Å². The largest absolute Gasteiger partial charge is 0.383 e. The van der Waals surface area contributed by atoms with Gasteiger partial charge in [0.05, 0.1) is 5.39 Å². The van der Waals surface area contributed by atoms with Gasteiger partial charge in [-0.2, -0.15) is 0 Å². The van der Waals surface area contributed by atoms with Crippen molar-refractivity contribution in [3.8, 4) is 0 Å². The van der Waals surface area contributed by atoms with Crippen molar-refractivity contribution >= 4 is 39.1 Å². The number of aromatic nitrogens is 2. The van der Waals surface area contributed by atoms with Gasteiger partial charge in [0, 0.05) is 10.6 Å². The molecule has 2 N–H and O–H groups in total. The average Bonchev–Trinajstić information content (AvgIpc) is 2.81. The first-order chi connectivity index (χ1) is 10.4. The molecule has 0 saturated heterocycles. The lowest BCUT2D eigenvalue weighted by molar-refractivity contribution is 0.218. The van der Waals surface area contributed by atoms with Gasteiger partial charge >= 0.3 is 0 Å². The van der Waals surface area contributed by atoms with Crippen LogP contribution < -0.4 is 5.73 Å². The van der Waals surface area contributed by atoms with Crippen molar-refractivity contribution in [2.24, 2.45) is 11.3 Å². The van der Waals surface area contributed by atoms with Gasteiger partial charge in [0.25, 0.3) is 0 Å². The molecule has 2 heterocycles. The Morgan fingerprint density at radius 3 is 2.77 bits per heavy atom. The summed E-state index contributed by atoms with van der Waals surface area (Å²) < 4.78 is 0. The third-order valence-electron chi connectivity index (χ3n) is 4.58. The zero-order valence-electron chi connectivity index (χ0n) is 13.9. The van der Waals surface area contributed by atoms with Crippen LogP contribution in [0.3, 0.4) is 0 Å². The van der Waals surface area contributed by atoms with Gasteiger partial charge in [-0.15, -0.1) is 11.3 Å². The first-order valence-electron chi connectivity index (χ1n) is 8.10. The maximum atomic E-state index is 6.26. The Balaban J connectivity index is 1.99. The smallest absolute Gasteiger partial charge is 0.190 e. The Kier molecular flexibility index (Phi) is 4.38. The molecular weight excluding hydrogens is 310 g/mol. The molecule has 3 nitrogen and oxygen atoms in total. The molecule has 0 bridgehead atoms. The molecule has 0 aliphatic heterocycles. The number of nitrogens with zero attached hydrogens (tertiary/aromatic N) is 2.